The molecule has 0 amide bonds. The molecule has 31 heavy (non-hydrogen) atoms. The Kier molecular flexibility index (Phi) is 4.07. The summed E-state index contributed by atoms with van der Waals surface area (Å²) in [6.07, 6.45) is 11.8. The molecule has 0 unspecified atom stereocenters. The molecule has 0 aromatic heterocycles. The molecule has 2 saturated carbocycles. The third-order valence-electron chi connectivity index (χ3n) is 10.7. The SMILES string of the molecule is Cc1c(O)c(O)cc2c1C=C[C@]1(C)C2=CC[C@@]2(C)[C@@H]3C[C@@H](C)C(=O)C[C@]3(C)CC[C@@]21C. The summed E-state index contributed by atoms with van der Waals surface area (Å²) in [7, 11) is 0. The first-order chi connectivity index (χ1) is 14.4. The number of carbonyl (C=O) groups is 1. The van der Waals surface area contributed by atoms with E-state index >= 15 is 0 Å². The molecule has 4 aliphatic rings. The summed E-state index contributed by atoms with van der Waals surface area (Å²) in [6.45, 7) is 13.7. The number of carbonyl (C=O) groups excluding carboxylic acids is 1. The van der Waals surface area contributed by atoms with E-state index in [4.69, 9.17) is 0 Å². The molecule has 0 aliphatic heterocycles. The van der Waals surface area contributed by atoms with Gasteiger partial charge in [-0.3, -0.25) is 4.79 Å². The van der Waals surface area contributed by atoms with Crippen LogP contribution in [-0.4, -0.2) is 16.0 Å². The van der Waals surface area contributed by atoms with Gasteiger partial charge in [0.05, 0.1) is 0 Å². The van der Waals surface area contributed by atoms with Gasteiger partial charge in [0.15, 0.2) is 11.5 Å². The number of ketones is 1. The Morgan fingerprint density at radius 1 is 1.10 bits per heavy atom. The second kappa shape index (κ2) is 6.05. The van der Waals surface area contributed by atoms with E-state index in [9.17, 15) is 15.0 Å². The highest BCUT2D eigenvalue weighted by Gasteiger charge is 2.67. The number of hydrogen-bond acceptors (Lipinski definition) is 3. The third-order valence-corrected chi connectivity index (χ3v) is 10.7. The standard InChI is InChI=1S/C28H36O3/c1-16-13-23-25(3,15-22(16)30)11-12-28(6)26(4)9-7-18-17(2)24(31)21(29)14-19(18)20(26)8-10-27(23,28)5/h7-9,14,16,23,29,31H,10-13,15H2,1-6H3/t16-,23-,25+,26-,27+,28-/m1/s1. The maximum atomic E-state index is 12.7. The Morgan fingerprint density at radius 2 is 1.81 bits per heavy atom. The van der Waals surface area contributed by atoms with Gasteiger partial charge in [0.2, 0.25) is 0 Å². The minimum Gasteiger partial charge on any atom is -0.504 e. The van der Waals surface area contributed by atoms with E-state index in [1.54, 1.807) is 6.07 Å². The molecule has 3 nitrogen and oxygen atoms in total. The van der Waals surface area contributed by atoms with Gasteiger partial charge in [-0.25, -0.2) is 0 Å². The molecule has 166 valence electrons. The highest BCUT2D eigenvalue weighted by atomic mass is 16.3. The number of fused-ring (bicyclic) bond motifs is 7. The fourth-order valence-electron chi connectivity index (χ4n) is 8.16. The van der Waals surface area contributed by atoms with Gasteiger partial charge in [0.25, 0.3) is 0 Å². The van der Waals surface area contributed by atoms with Crippen LogP contribution in [0.1, 0.15) is 83.4 Å². The topological polar surface area (TPSA) is 57.5 Å². The highest BCUT2D eigenvalue weighted by molar-refractivity contribution is 5.88. The lowest BCUT2D eigenvalue weighted by Crippen LogP contribution is -2.63. The zero-order valence-electron chi connectivity index (χ0n) is 19.8. The molecular formula is C28H36O3. The lowest BCUT2D eigenvalue weighted by atomic mass is 9.34. The zero-order chi connectivity index (χ0) is 22.6. The average Bonchev–Trinajstić information content (AvgIpc) is 2.70. The van der Waals surface area contributed by atoms with Crippen LogP contribution in [0.2, 0.25) is 0 Å². The van der Waals surface area contributed by atoms with Crippen molar-refractivity contribution in [3.05, 3.63) is 34.9 Å². The quantitative estimate of drug-likeness (QED) is 0.462. The van der Waals surface area contributed by atoms with Gasteiger partial charge in [-0.2, -0.15) is 0 Å². The number of benzene rings is 1. The van der Waals surface area contributed by atoms with Crippen molar-refractivity contribution in [2.45, 2.75) is 73.6 Å². The molecule has 1 aromatic carbocycles. The Labute approximate surface area is 186 Å². The van der Waals surface area contributed by atoms with Crippen LogP contribution in [0.4, 0.5) is 0 Å². The van der Waals surface area contributed by atoms with Gasteiger partial charge in [-0.15, -0.1) is 0 Å². The lowest BCUT2D eigenvalue weighted by Gasteiger charge is -2.69. The molecule has 3 heteroatoms. The summed E-state index contributed by atoms with van der Waals surface area (Å²) in [6, 6.07) is 1.76. The average molecular weight is 421 g/mol. The highest BCUT2D eigenvalue weighted by Crippen LogP contribution is 2.75. The van der Waals surface area contributed by atoms with Crippen molar-refractivity contribution in [2.24, 2.45) is 33.5 Å². The summed E-state index contributed by atoms with van der Waals surface area (Å²) in [5, 5.41) is 20.7. The van der Waals surface area contributed by atoms with Crippen molar-refractivity contribution in [3.8, 4) is 11.5 Å². The molecule has 0 spiro atoms. The fourth-order valence-corrected chi connectivity index (χ4v) is 8.16. The first-order valence-corrected chi connectivity index (χ1v) is 11.9. The van der Waals surface area contributed by atoms with Crippen LogP contribution in [0.3, 0.4) is 0 Å². The minimum atomic E-state index is -0.158. The van der Waals surface area contributed by atoms with E-state index in [1.807, 2.05) is 6.92 Å². The van der Waals surface area contributed by atoms with Crippen LogP contribution in [0.25, 0.3) is 11.6 Å². The first-order valence-electron chi connectivity index (χ1n) is 11.9. The molecule has 2 fully saturated rings. The largest absolute Gasteiger partial charge is 0.504 e. The summed E-state index contributed by atoms with van der Waals surface area (Å²) >= 11 is 0. The van der Waals surface area contributed by atoms with Crippen molar-refractivity contribution < 1.29 is 15.0 Å². The lowest BCUT2D eigenvalue weighted by molar-refractivity contribution is -0.173. The molecule has 1 aromatic rings. The Hall–Kier alpha value is -2.03. The summed E-state index contributed by atoms with van der Waals surface area (Å²) in [5.41, 5.74) is 4.18. The van der Waals surface area contributed by atoms with Crippen LogP contribution in [0.15, 0.2) is 18.2 Å². The number of hydrogen-bond donors (Lipinski definition) is 2. The van der Waals surface area contributed by atoms with Gasteiger partial charge in [0, 0.05) is 23.3 Å². The first kappa shape index (κ1) is 20.8. The Balaban J connectivity index is 1.69. The minimum absolute atomic E-state index is 0.0197. The van der Waals surface area contributed by atoms with Crippen molar-refractivity contribution >= 4 is 17.4 Å². The molecular weight excluding hydrogens is 384 g/mol. The number of allylic oxidation sites excluding steroid dienone is 3. The molecule has 0 saturated heterocycles. The normalized spacial score (nSPS) is 43.4. The van der Waals surface area contributed by atoms with Crippen LogP contribution < -0.4 is 0 Å². The van der Waals surface area contributed by atoms with Crippen molar-refractivity contribution in [2.75, 3.05) is 0 Å². The van der Waals surface area contributed by atoms with Gasteiger partial charge in [0.1, 0.15) is 5.78 Å². The smallest absolute Gasteiger partial charge is 0.161 e. The molecule has 4 aliphatic carbocycles. The molecule has 6 atom stereocenters. The number of phenols is 2. The summed E-state index contributed by atoms with van der Waals surface area (Å²) < 4.78 is 0. The van der Waals surface area contributed by atoms with E-state index in [1.165, 1.54) is 5.57 Å². The van der Waals surface area contributed by atoms with Gasteiger partial charge >= 0.3 is 0 Å². The van der Waals surface area contributed by atoms with E-state index < -0.39 is 0 Å². The predicted molar refractivity (Wildman–Crippen MR) is 125 cm³/mol. The number of aromatic hydroxyl groups is 2. The number of rotatable bonds is 0. The van der Waals surface area contributed by atoms with Crippen molar-refractivity contribution in [3.63, 3.8) is 0 Å². The molecule has 0 bridgehead atoms. The summed E-state index contributed by atoms with van der Waals surface area (Å²) in [5.74, 6) is 1.06. The summed E-state index contributed by atoms with van der Waals surface area (Å²) in [4.78, 5) is 12.7. The van der Waals surface area contributed by atoms with Crippen molar-refractivity contribution in [1.29, 1.82) is 0 Å². The van der Waals surface area contributed by atoms with Gasteiger partial charge in [-0.1, -0.05) is 52.8 Å². The zero-order valence-corrected chi connectivity index (χ0v) is 19.8. The number of Topliss-reactive ketones (excluding diaryl/α,β-unsaturated/α-hetero) is 1. The maximum absolute atomic E-state index is 12.7. The molecule has 2 N–H and O–H groups in total. The van der Waals surface area contributed by atoms with E-state index in [0.29, 0.717) is 11.7 Å². The van der Waals surface area contributed by atoms with Crippen LogP contribution >= 0.6 is 0 Å². The van der Waals surface area contributed by atoms with Crippen molar-refractivity contribution in [1.82, 2.24) is 0 Å². The van der Waals surface area contributed by atoms with Crippen LogP contribution in [-0.2, 0) is 4.79 Å². The molecule has 0 radical (unpaired) electrons. The van der Waals surface area contributed by atoms with E-state index in [0.717, 1.165) is 48.8 Å². The number of phenolic OH excluding ortho intramolecular Hbond substituents is 2. The Morgan fingerprint density at radius 3 is 2.52 bits per heavy atom. The van der Waals surface area contributed by atoms with Crippen LogP contribution in [0.5, 0.6) is 11.5 Å². The maximum Gasteiger partial charge on any atom is 0.161 e. The van der Waals surface area contributed by atoms with Gasteiger partial charge < -0.3 is 10.2 Å². The Bertz CT molecular complexity index is 1060. The second-order valence-electron chi connectivity index (χ2n) is 11.9. The second-order valence-corrected chi connectivity index (χ2v) is 11.9. The predicted octanol–water partition coefficient (Wildman–Crippen LogP) is 6.65. The monoisotopic (exact) mass is 420 g/mol. The molecule has 0 heterocycles. The van der Waals surface area contributed by atoms with Gasteiger partial charge in [-0.05, 0) is 77.5 Å². The fraction of sp³-hybridized carbons (Fsp3) is 0.607. The van der Waals surface area contributed by atoms with E-state index in [2.05, 4.69) is 52.8 Å². The van der Waals surface area contributed by atoms with Crippen LogP contribution in [0, 0.1) is 40.4 Å². The molecule has 5 rings (SSSR count). The van der Waals surface area contributed by atoms with E-state index in [-0.39, 0.29) is 39.1 Å². The third kappa shape index (κ3) is 2.33.